The molecule has 1 aromatic heterocycles. The lowest BCUT2D eigenvalue weighted by Gasteiger charge is -2.31. The van der Waals surface area contributed by atoms with Crippen LogP contribution in [0.3, 0.4) is 0 Å². The van der Waals surface area contributed by atoms with Gasteiger partial charge in [-0.2, -0.15) is 5.10 Å². The van der Waals surface area contributed by atoms with Gasteiger partial charge in [-0.25, -0.2) is 4.79 Å². The molecule has 0 saturated carbocycles. The number of nitrogens with zero attached hydrogens (tertiary/aromatic N) is 3. The number of aryl methyl sites for hydroxylation is 1. The van der Waals surface area contributed by atoms with Crippen molar-refractivity contribution in [1.82, 2.24) is 15.1 Å². The van der Waals surface area contributed by atoms with E-state index in [4.69, 9.17) is 4.74 Å². The molecule has 7 nitrogen and oxygen atoms in total. The zero-order chi connectivity index (χ0) is 20.4. The van der Waals surface area contributed by atoms with Crippen molar-refractivity contribution in [1.29, 1.82) is 0 Å². The molecule has 0 aliphatic carbocycles. The van der Waals surface area contributed by atoms with E-state index in [0.29, 0.717) is 18.9 Å². The first-order chi connectivity index (χ1) is 14.0. The Labute approximate surface area is 169 Å². The van der Waals surface area contributed by atoms with Gasteiger partial charge in [-0.05, 0) is 43.0 Å². The Kier molecular flexibility index (Phi) is 5.20. The van der Waals surface area contributed by atoms with Gasteiger partial charge in [0.05, 0.1) is 13.3 Å². The van der Waals surface area contributed by atoms with Crippen LogP contribution in [0.15, 0.2) is 42.6 Å². The van der Waals surface area contributed by atoms with E-state index in [9.17, 15) is 9.90 Å². The summed E-state index contributed by atoms with van der Waals surface area (Å²) >= 11 is 0. The Balaban J connectivity index is 1.69. The molecule has 0 radical (unpaired) electrons. The van der Waals surface area contributed by atoms with Gasteiger partial charge in [-0.3, -0.25) is 0 Å². The quantitative estimate of drug-likeness (QED) is 0.693. The number of rotatable bonds is 4. The van der Waals surface area contributed by atoms with Crippen LogP contribution in [0.25, 0.3) is 21.9 Å². The fourth-order valence-electron chi connectivity index (χ4n) is 3.85. The standard InChI is InChI=1S/C22H24N4O3/c1-14-5-8-18(20(10-14)29-2)15-6-7-16-12-23-25-21(19(16)11-15)24-17-4-3-9-26(13-17)22(27)28/h5-8,10-12,17H,3-4,9,13H2,1-2H3,(H,24,25)(H,27,28)/t17-/m1/s1. The number of fused-ring (bicyclic) bond motifs is 1. The van der Waals surface area contributed by atoms with Gasteiger partial charge in [0.2, 0.25) is 0 Å². The summed E-state index contributed by atoms with van der Waals surface area (Å²) in [4.78, 5) is 12.8. The number of nitrogens with one attached hydrogen (secondary N) is 1. The topological polar surface area (TPSA) is 87.6 Å². The summed E-state index contributed by atoms with van der Waals surface area (Å²) in [6.07, 6.45) is 2.58. The number of anilines is 1. The smallest absolute Gasteiger partial charge is 0.407 e. The summed E-state index contributed by atoms with van der Waals surface area (Å²) in [6, 6.07) is 12.3. The second-order valence-corrected chi connectivity index (χ2v) is 7.41. The Morgan fingerprint density at radius 3 is 2.93 bits per heavy atom. The molecule has 2 N–H and O–H groups in total. The molecule has 29 heavy (non-hydrogen) atoms. The largest absolute Gasteiger partial charge is 0.496 e. The monoisotopic (exact) mass is 392 g/mol. The number of piperidine rings is 1. The first-order valence-electron chi connectivity index (χ1n) is 9.70. The molecular weight excluding hydrogens is 368 g/mol. The zero-order valence-corrected chi connectivity index (χ0v) is 16.6. The number of methoxy groups -OCH3 is 1. The maximum absolute atomic E-state index is 11.3. The molecular formula is C22H24N4O3. The Morgan fingerprint density at radius 1 is 1.28 bits per heavy atom. The minimum Gasteiger partial charge on any atom is -0.496 e. The van der Waals surface area contributed by atoms with Gasteiger partial charge in [0.1, 0.15) is 5.75 Å². The highest BCUT2D eigenvalue weighted by Gasteiger charge is 2.24. The molecule has 7 heteroatoms. The van der Waals surface area contributed by atoms with E-state index < -0.39 is 6.09 Å². The number of aromatic nitrogens is 2. The molecule has 1 aliphatic heterocycles. The third kappa shape index (κ3) is 3.94. The first-order valence-corrected chi connectivity index (χ1v) is 9.70. The number of ether oxygens (including phenoxy) is 1. The predicted octanol–water partition coefficient (Wildman–Crippen LogP) is 4.17. The molecule has 0 bridgehead atoms. The number of hydrogen-bond donors (Lipinski definition) is 2. The van der Waals surface area contributed by atoms with Crippen molar-refractivity contribution in [2.75, 3.05) is 25.5 Å². The number of amides is 1. The molecule has 2 heterocycles. The molecule has 4 rings (SSSR count). The molecule has 1 saturated heterocycles. The van der Waals surface area contributed by atoms with E-state index in [2.05, 4.69) is 33.7 Å². The van der Waals surface area contributed by atoms with Crippen molar-refractivity contribution in [2.24, 2.45) is 0 Å². The highest BCUT2D eigenvalue weighted by molar-refractivity contribution is 5.95. The van der Waals surface area contributed by atoms with Gasteiger partial charge < -0.3 is 20.1 Å². The lowest BCUT2D eigenvalue weighted by molar-refractivity contribution is 0.133. The van der Waals surface area contributed by atoms with E-state index in [0.717, 1.165) is 46.1 Å². The average Bonchev–Trinajstić information content (AvgIpc) is 2.74. The van der Waals surface area contributed by atoms with E-state index in [-0.39, 0.29) is 6.04 Å². The lowest BCUT2D eigenvalue weighted by Crippen LogP contribution is -2.44. The predicted molar refractivity (Wildman–Crippen MR) is 113 cm³/mol. The van der Waals surface area contributed by atoms with Crippen LogP contribution in [0.5, 0.6) is 5.75 Å². The number of benzene rings is 2. The fourth-order valence-corrected chi connectivity index (χ4v) is 3.85. The Bertz CT molecular complexity index is 1050. The van der Waals surface area contributed by atoms with Crippen molar-refractivity contribution in [2.45, 2.75) is 25.8 Å². The van der Waals surface area contributed by atoms with E-state index in [1.54, 1.807) is 13.3 Å². The fraction of sp³-hybridized carbons (Fsp3) is 0.318. The number of likely N-dealkylation sites (tertiary alicyclic amines) is 1. The van der Waals surface area contributed by atoms with Crippen LogP contribution in [0, 0.1) is 6.92 Å². The van der Waals surface area contributed by atoms with Gasteiger partial charge >= 0.3 is 6.09 Å². The molecule has 0 spiro atoms. The second kappa shape index (κ2) is 7.95. The minimum atomic E-state index is -0.880. The maximum Gasteiger partial charge on any atom is 0.407 e. The highest BCUT2D eigenvalue weighted by Crippen LogP contribution is 2.34. The molecule has 3 aromatic rings. The van der Waals surface area contributed by atoms with Gasteiger partial charge in [0.15, 0.2) is 5.82 Å². The summed E-state index contributed by atoms with van der Waals surface area (Å²) in [7, 11) is 1.68. The first kappa shape index (κ1) is 19.0. The SMILES string of the molecule is COc1cc(C)ccc1-c1ccc2cnnc(N[C@@H]3CCCN(C(=O)O)C3)c2c1. The van der Waals surface area contributed by atoms with Gasteiger partial charge in [-0.15, -0.1) is 5.10 Å². The van der Waals surface area contributed by atoms with Crippen LogP contribution in [-0.2, 0) is 0 Å². The third-order valence-electron chi connectivity index (χ3n) is 5.36. The second-order valence-electron chi connectivity index (χ2n) is 7.41. The summed E-state index contributed by atoms with van der Waals surface area (Å²) in [5.41, 5.74) is 3.18. The molecule has 1 aliphatic rings. The van der Waals surface area contributed by atoms with E-state index in [1.807, 2.05) is 25.1 Å². The normalized spacial score (nSPS) is 16.6. The van der Waals surface area contributed by atoms with Crippen LogP contribution < -0.4 is 10.1 Å². The summed E-state index contributed by atoms with van der Waals surface area (Å²) in [6.45, 7) is 3.06. The van der Waals surface area contributed by atoms with Gasteiger partial charge in [-0.1, -0.05) is 24.3 Å². The van der Waals surface area contributed by atoms with E-state index >= 15 is 0 Å². The van der Waals surface area contributed by atoms with Crippen LogP contribution in [0.2, 0.25) is 0 Å². The molecule has 1 amide bonds. The van der Waals surface area contributed by atoms with Crippen molar-refractivity contribution >= 4 is 22.7 Å². The van der Waals surface area contributed by atoms with Crippen LogP contribution in [-0.4, -0.2) is 52.5 Å². The molecule has 0 unspecified atom stereocenters. The zero-order valence-electron chi connectivity index (χ0n) is 16.6. The molecule has 2 aromatic carbocycles. The summed E-state index contributed by atoms with van der Waals surface area (Å²) < 4.78 is 5.57. The van der Waals surface area contributed by atoms with Crippen molar-refractivity contribution in [3.63, 3.8) is 0 Å². The third-order valence-corrected chi connectivity index (χ3v) is 5.36. The van der Waals surface area contributed by atoms with Crippen LogP contribution in [0.1, 0.15) is 18.4 Å². The number of carbonyl (C=O) groups is 1. The van der Waals surface area contributed by atoms with Crippen molar-refractivity contribution in [3.8, 4) is 16.9 Å². The van der Waals surface area contributed by atoms with Crippen molar-refractivity contribution in [3.05, 3.63) is 48.2 Å². The van der Waals surface area contributed by atoms with Crippen LogP contribution >= 0.6 is 0 Å². The molecule has 150 valence electrons. The maximum atomic E-state index is 11.3. The van der Waals surface area contributed by atoms with Crippen molar-refractivity contribution < 1.29 is 14.6 Å². The Morgan fingerprint density at radius 2 is 2.14 bits per heavy atom. The summed E-state index contributed by atoms with van der Waals surface area (Å²) in [5.74, 6) is 1.50. The highest BCUT2D eigenvalue weighted by atomic mass is 16.5. The molecule has 1 fully saturated rings. The van der Waals surface area contributed by atoms with Gasteiger partial charge in [0, 0.05) is 35.5 Å². The van der Waals surface area contributed by atoms with Gasteiger partial charge in [0.25, 0.3) is 0 Å². The summed E-state index contributed by atoms with van der Waals surface area (Å²) in [5, 5.41) is 23.0. The number of carboxylic acid groups (broad SMARTS) is 1. The van der Waals surface area contributed by atoms with Crippen LogP contribution in [0.4, 0.5) is 10.6 Å². The molecule has 1 atom stereocenters. The minimum absolute atomic E-state index is 0.0114. The van der Waals surface area contributed by atoms with E-state index in [1.165, 1.54) is 4.90 Å². The average molecular weight is 392 g/mol. The number of hydrogen-bond acceptors (Lipinski definition) is 5. The lowest BCUT2D eigenvalue weighted by atomic mass is 10.00. The Hall–Kier alpha value is -3.35.